The predicted molar refractivity (Wildman–Crippen MR) is 450 cm³/mol. The Morgan fingerprint density at radius 1 is 0.267 bits per heavy atom. The molecule has 2 fully saturated rings. The average molecular weight is 2040 g/mol. The van der Waals surface area contributed by atoms with Crippen molar-refractivity contribution in [3.05, 3.63) is 146 Å². The Bertz CT molecular complexity index is 7550. The Morgan fingerprint density at radius 3 is 0.918 bits per heavy atom. The Balaban J connectivity index is 0.867. The van der Waals surface area contributed by atoms with Gasteiger partial charge in [-0.3, -0.25) is 0 Å². The zero-order valence-corrected chi connectivity index (χ0v) is 71.3. The summed E-state index contributed by atoms with van der Waals surface area (Å²) in [5.74, 6) is -78.8. The van der Waals surface area contributed by atoms with E-state index in [4.69, 9.17) is 66.3 Å². The molecule has 2 saturated heterocycles. The summed E-state index contributed by atoms with van der Waals surface area (Å²) in [6, 6.07) is 3.64. The lowest BCUT2D eigenvalue weighted by Crippen LogP contribution is -2.63. The van der Waals surface area contributed by atoms with Crippen LogP contribution in [0.3, 0.4) is 0 Å². The number of aromatic carboxylic acids is 1. The summed E-state index contributed by atoms with van der Waals surface area (Å²) in [4.78, 5) is 164. The smallest absolute Gasteiger partial charge is 0.342 e. The maximum absolute atomic E-state index is 16.0. The highest BCUT2D eigenvalue weighted by molar-refractivity contribution is 6.13. The van der Waals surface area contributed by atoms with Gasteiger partial charge in [-0.2, -0.15) is 0 Å². The first-order valence-corrected chi connectivity index (χ1v) is 40.2. The van der Waals surface area contributed by atoms with Gasteiger partial charge in [-0.1, -0.05) is 0 Å². The summed E-state index contributed by atoms with van der Waals surface area (Å²) in [6.45, 7) is -3.32. The summed E-state index contributed by atoms with van der Waals surface area (Å²) < 4.78 is 80.4. The Kier molecular flexibility index (Phi) is 24.2. The Labute approximate surface area is 800 Å². The van der Waals surface area contributed by atoms with Crippen molar-refractivity contribution >= 4 is 65.7 Å². The Morgan fingerprint density at radius 2 is 0.548 bits per heavy atom. The lowest BCUT2D eigenvalue weighted by molar-refractivity contribution is -0.283. The molecule has 5 heterocycles. The topological polar surface area (TPSA) is 964 Å². The minimum absolute atomic E-state index is 0.00289. The fraction of sp³-hybridized carbons (Fsp3) is 0.135. The summed E-state index contributed by atoms with van der Waals surface area (Å²) in [6.07, 6.45) is -29.7. The zero-order valence-electron chi connectivity index (χ0n) is 71.3. The molecule has 0 radical (unpaired) electrons. The summed E-state index contributed by atoms with van der Waals surface area (Å²) >= 11 is 0. The monoisotopic (exact) mass is 2040 g/mol. The number of phenolic OH excluding ortho intramolecular Hbond substituents is 31. The number of hydrogen-bond acceptors (Lipinski definition) is 56. The molecule has 10 atom stereocenters. The van der Waals surface area contributed by atoms with E-state index in [1.165, 1.54) is 0 Å². The van der Waals surface area contributed by atoms with E-state index in [1.807, 2.05) is 0 Å². The summed E-state index contributed by atoms with van der Waals surface area (Å²) in [7, 11) is 0. The van der Waals surface area contributed by atoms with Crippen LogP contribution in [0.5, 0.6) is 201 Å². The lowest BCUT2D eigenvalue weighted by Gasteiger charge is -2.44. The molecule has 0 aromatic heterocycles. The second-order valence-electron chi connectivity index (χ2n) is 31.4. The molecule has 57 heteroatoms. The average Bonchev–Trinajstić information content (AvgIpc) is 0.788. The van der Waals surface area contributed by atoms with Gasteiger partial charge < -0.3 is 230 Å². The van der Waals surface area contributed by atoms with Crippen molar-refractivity contribution < 1.29 is 282 Å². The van der Waals surface area contributed by atoms with E-state index >= 15 is 28.8 Å². The third kappa shape index (κ3) is 16.5. The lowest BCUT2D eigenvalue weighted by atomic mass is 9.90. The molecule has 0 bridgehead atoms. The minimum atomic E-state index is -3.19. The highest BCUT2D eigenvalue weighted by Gasteiger charge is 2.59. The van der Waals surface area contributed by atoms with Crippen LogP contribution in [0.15, 0.2) is 84.9 Å². The molecule has 5 aliphatic rings. The van der Waals surface area contributed by atoms with Crippen molar-refractivity contribution in [2.24, 2.45) is 0 Å². The maximum atomic E-state index is 16.0. The molecule has 11 aromatic carbocycles. The molecule has 32 N–H and O–H groups in total. The molecule has 11 aromatic rings. The number of aromatic hydroxyl groups is 31. The molecule has 0 amide bonds. The number of fused-ring (bicyclic) bond motifs is 13. The van der Waals surface area contributed by atoms with E-state index in [9.17, 15) is 187 Å². The highest BCUT2D eigenvalue weighted by Crippen LogP contribution is 2.61. The molecule has 16 rings (SSSR count). The first-order chi connectivity index (χ1) is 68.7. The maximum Gasteiger partial charge on any atom is 0.342 e. The van der Waals surface area contributed by atoms with Gasteiger partial charge in [0.15, 0.2) is 168 Å². The number of rotatable bonds is 14. The molecular weight excluding hydrogens is 1980 g/mol. The molecule has 57 nitrogen and oxygen atoms in total. The number of carbonyl (C=O) groups is 11. The molecule has 1 unspecified atom stereocenters. The highest BCUT2D eigenvalue weighted by atomic mass is 16.8. The number of esters is 10. The van der Waals surface area contributed by atoms with Crippen molar-refractivity contribution in [1.82, 2.24) is 0 Å². The molecule has 146 heavy (non-hydrogen) atoms. The number of ether oxygens (including phenoxy) is 14. The number of carboxylic acid groups (broad SMARTS) is 1. The van der Waals surface area contributed by atoms with Crippen LogP contribution in [0.1, 0.15) is 114 Å². The third-order valence-corrected chi connectivity index (χ3v) is 22.6. The van der Waals surface area contributed by atoms with Crippen molar-refractivity contribution in [2.75, 3.05) is 13.2 Å². The third-order valence-electron chi connectivity index (χ3n) is 22.6. The van der Waals surface area contributed by atoms with Crippen LogP contribution in [-0.4, -0.2) is 304 Å². The number of carbonyl (C=O) groups excluding carboxylic acids is 10. The van der Waals surface area contributed by atoms with E-state index in [0.29, 0.717) is 42.5 Å². The molecule has 0 saturated carbocycles. The van der Waals surface area contributed by atoms with Crippen LogP contribution in [0.25, 0.3) is 33.4 Å². The van der Waals surface area contributed by atoms with Crippen molar-refractivity contribution in [1.29, 1.82) is 0 Å². The van der Waals surface area contributed by atoms with Gasteiger partial charge in [0.1, 0.15) is 36.5 Å². The van der Waals surface area contributed by atoms with E-state index < -0.39 is 436 Å². The van der Waals surface area contributed by atoms with Crippen molar-refractivity contribution in [3.8, 4) is 235 Å². The molecule has 758 valence electrons. The van der Waals surface area contributed by atoms with Gasteiger partial charge in [-0.15, -0.1) is 0 Å². The van der Waals surface area contributed by atoms with Gasteiger partial charge in [0, 0.05) is 57.6 Å². The summed E-state index contributed by atoms with van der Waals surface area (Å²) in [5, 5.41) is 354. The van der Waals surface area contributed by atoms with E-state index in [0.717, 1.165) is 0 Å². The van der Waals surface area contributed by atoms with E-state index in [1.54, 1.807) is 0 Å². The van der Waals surface area contributed by atoms with Gasteiger partial charge in [0.2, 0.25) is 82.3 Å². The quantitative estimate of drug-likeness (QED) is 0.0401. The molecule has 0 spiro atoms. The first kappa shape index (κ1) is 98.0. The van der Waals surface area contributed by atoms with Gasteiger partial charge in [0.25, 0.3) is 0 Å². The van der Waals surface area contributed by atoms with Gasteiger partial charge in [-0.05, 0) is 60.7 Å². The van der Waals surface area contributed by atoms with Crippen molar-refractivity contribution in [2.45, 2.75) is 61.4 Å². The fourth-order valence-corrected chi connectivity index (χ4v) is 15.6. The zero-order chi connectivity index (χ0) is 106. The Hall–Kier alpha value is -21.1. The SMILES string of the molecule is O=C(OC[C@@H]1O[C@H](OC(=O)c2cc(O)c(O)c(O)c2)[C@H]2OC(=O)c3cc(Oc4c(C(=O)O)cc(O)c(O)c4O)c(O)c(O)c3-c3c(cc(O)c(O)c3O)C(=O)O[C@@H]2[C@H]1OC(=O)c1cc(O)c(O)c(O)c1Oc1cc2c(c(O)c1O)-c1c(cc(O)c(O)c1O)C(=O)O[C@H]1C(OC(=O)c3cc(O)c(O)c(O)c3)O[C@@H]3COC(=O)c4cc(O)c(O)c(O)c4-c4c(cc(O)c(O)c4O)C(=O)O[C@H]3[C@@H]1OC2=O)c1cc(O)c(O)c(O)c1. The number of hydrogen-bond donors (Lipinski definition) is 32. The second kappa shape index (κ2) is 36.0. The fourth-order valence-electron chi connectivity index (χ4n) is 15.6. The van der Waals surface area contributed by atoms with Crippen LogP contribution < -0.4 is 9.47 Å². The molecular formula is C89H60O57. The molecule has 5 aliphatic heterocycles. The van der Waals surface area contributed by atoms with Crippen molar-refractivity contribution in [3.63, 3.8) is 0 Å². The second-order valence-corrected chi connectivity index (χ2v) is 31.4. The molecule has 0 aliphatic carbocycles. The van der Waals surface area contributed by atoms with Crippen LogP contribution in [0.4, 0.5) is 0 Å². The summed E-state index contributed by atoms with van der Waals surface area (Å²) in [5.41, 5.74) is -23.5. The number of phenols is 31. The van der Waals surface area contributed by atoms with Gasteiger partial charge in [-0.25, -0.2) is 52.7 Å². The van der Waals surface area contributed by atoms with Crippen LogP contribution in [0.2, 0.25) is 0 Å². The van der Waals surface area contributed by atoms with E-state index in [2.05, 4.69) is 0 Å². The minimum Gasteiger partial charge on any atom is -0.504 e. The van der Waals surface area contributed by atoms with Crippen LogP contribution >= 0.6 is 0 Å². The standard InChI is InChI=1S/C89H60O57/c90-28-1-17(2-29(91)50(28)102)78(123)133-15-42-72(74-76(89(137-42)146-80(125)19-5-32(94)52(104)33(95)6-19)144-86(131)25-14-40(135-69-26(77(121)122)11-38(100)57(109)67(69)119)59(111)66(118)49(25)46-22(83(128)141-74)9-36(98)55(107)63(46)115)140-87(132)27-12-39(101)58(110)68(120)70(27)136-41-13-24-48(65(117)60(41)112)47-23(10-37(99)56(108)64(47)116)84(129)143-75-73(142-85(24)130)71-43(138-88(75)145-79(124)18-3-30(92)51(103)31(93)4-18)16-134-81(126)20-7-34(96)53(105)61(113)44(20)45-21(82(127)139-71)8-35(97)54(106)62(45)114/h1-14,42-43,71-76,88-120H,15-16H2,(H,121,122)/t42-,43+,71+,72-,73-,74+,75+,76-,88?,89+/m0/s1. The van der Waals surface area contributed by atoms with Crippen LogP contribution in [-0.2, 0) is 56.8 Å². The normalized spacial score (nSPS) is 18.8. The van der Waals surface area contributed by atoms with E-state index in [-0.39, 0.29) is 42.5 Å². The predicted octanol–water partition coefficient (Wildman–Crippen LogP) is 4.62. The largest absolute Gasteiger partial charge is 0.504 e. The van der Waals surface area contributed by atoms with Crippen LogP contribution in [0, 0.1) is 0 Å². The van der Waals surface area contributed by atoms with Gasteiger partial charge in [0.05, 0.1) is 50.1 Å². The number of cyclic esters (lactones) is 1. The van der Waals surface area contributed by atoms with Gasteiger partial charge >= 0.3 is 65.7 Å². The number of benzene rings is 11. The first-order valence-electron chi connectivity index (χ1n) is 40.2. The number of carboxylic acids is 1.